The molecule has 0 saturated carbocycles. The quantitative estimate of drug-likeness (QED) is 0.468. The first-order valence-electron chi connectivity index (χ1n) is 5.69. The number of amides is 1. The minimum Gasteiger partial charge on any atom is -0.706 e. The van der Waals surface area contributed by atoms with Crippen LogP contribution in [0.4, 0.5) is 0 Å². The van der Waals surface area contributed by atoms with Crippen LogP contribution in [0.3, 0.4) is 0 Å². The lowest BCUT2D eigenvalue weighted by Gasteiger charge is -2.07. The van der Waals surface area contributed by atoms with Gasteiger partial charge in [-0.1, -0.05) is 29.8 Å². The molecule has 2 rings (SSSR count). The Morgan fingerprint density at radius 2 is 1.95 bits per heavy atom. The number of allylic oxidation sites excluding steroid dienone is 3. The second-order valence-electron chi connectivity index (χ2n) is 3.86. The average molecular weight is 288 g/mol. The van der Waals surface area contributed by atoms with Crippen LogP contribution in [0.1, 0.15) is 10.4 Å². The molecule has 1 aliphatic rings. The third kappa shape index (κ3) is 2.95. The molecule has 0 bridgehead atoms. The van der Waals surface area contributed by atoms with Crippen molar-refractivity contribution in [3.05, 3.63) is 64.3 Å². The number of hydrogen-bond donors (Lipinski definition) is 0. The molecule has 0 heterocycles. The molecule has 0 radical (unpaired) electrons. The predicted molar refractivity (Wildman–Crippen MR) is 76.9 cm³/mol. The second-order valence-corrected chi connectivity index (χ2v) is 4.27. The molecular weight excluding hydrogens is 278 g/mol. The van der Waals surface area contributed by atoms with Gasteiger partial charge >= 0.3 is 5.78 Å². The Morgan fingerprint density at radius 3 is 2.55 bits per heavy atom. The Hall–Kier alpha value is -2.40. The normalized spacial score (nSPS) is 18.7. The van der Waals surface area contributed by atoms with E-state index in [1.54, 1.807) is 24.3 Å². The van der Waals surface area contributed by atoms with Gasteiger partial charge in [-0.05, 0) is 18.2 Å². The molecule has 1 aromatic carbocycles. The molecule has 1 aromatic rings. The molecule has 0 unspecified atom stereocenters. The van der Waals surface area contributed by atoms with Crippen LogP contribution in [-0.2, 0) is 4.42 Å². The maximum absolute atomic E-state index is 12.0. The number of nitrogens with zero attached hydrogens (tertiary/aromatic N) is 3. The predicted octanol–water partition coefficient (Wildman–Crippen LogP) is 3.04. The first-order valence-corrected chi connectivity index (χ1v) is 6.07. The summed E-state index contributed by atoms with van der Waals surface area (Å²) < 4.78 is 5.10. The van der Waals surface area contributed by atoms with Gasteiger partial charge in [0.15, 0.2) is 5.71 Å². The first-order chi connectivity index (χ1) is 9.65. The Kier molecular flexibility index (Phi) is 4.32. The van der Waals surface area contributed by atoms with E-state index in [1.165, 1.54) is 19.3 Å². The van der Waals surface area contributed by atoms with E-state index in [1.807, 2.05) is 6.07 Å². The lowest BCUT2D eigenvalue weighted by atomic mass is 10.1. The smallest absolute Gasteiger partial charge is 0.370 e. The zero-order valence-corrected chi connectivity index (χ0v) is 11.3. The van der Waals surface area contributed by atoms with Gasteiger partial charge in [0.2, 0.25) is 0 Å². The van der Waals surface area contributed by atoms with E-state index < -0.39 is 5.91 Å². The molecule has 20 heavy (non-hydrogen) atoms. The summed E-state index contributed by atoms with van der Waals surface area (Å²) in [5.41, 5.74) is 9.66. The maximum atomic E-state index is 12.0. The highest BCUT2D eigenvalue weighted by atomic mass is 35.5. The van der Waals surface area contributed by atoms with Crippen molar-refractivity contribution < 1.29 is 9.22 Å². The molecule has 0 fully saturated rings. The molecule has 0 aliphatic heterocycles. The van der Waals surface area contributed by atoms with Crippen LogP contribution in [0.25, 0.3) is 5.53 Å². The lowest BCUT2D eigenvalue weighted by Crippen LogP contribution is -2.18. The van der Waals surface area contributed by atoms with Gasteiger partial charge in [0.05, 0.1) is 16.8 Å². The van der Waals surface area contributed by atoms with E-state index in [9.17, 15) is 4.79 Å². The van der Waals surface area contributed by atoms with Crippen molar-refractivity contribution in [2.75, 3.05) is 7.11 Å². The summed E-state index contributed by atoms with van der Waals surface area (Å²) in [5.74, 6) is -0.111. The summed E-state index contributed by atoms with van der Waals surface area (Å²) in [6.07, 6.45) is 2.82. The largest absolute Gasteiger partial charge is 0.706 e. The van der Waals surface area contributed by atoms with Gasteiger partial charge in [0.25, 0.3) is 13.0 Å². The summed E-state index contributed by atoms with van der Waals surface area (Å²) in [6, 6.07) is 8.64. The number of hydrogen-bond acceptors (Lipinski definition) is 2. The van der Waals surface area contributed by atoms with Gasteiger partial charge in [-0.25, -0.2) is 0 Å². The summed E-state index contributed by atoms with van der Waals surface area (Å²) in [7, 11) is 1.43. The van der Waals surface area contributed by atoms with Crippen LogP contribution in [0.15, 0.2) is 63.3 Å². The SMILES string of the molecule is C[O+]=C1C=C(N=[N-])C(Cl)=CC1=NC(=O)c1ccccc1. The lowest BCUT2D eigenvalue weighted by molar-refractivity contribution is -0.416. The van der Waals surface area contributed by atoms with Gasteiger partial charge in [0.1, 0.15) is 0 Å². The molecule has 0 spiro atoms. The van der Waals surface area contributed by atoms with Gasteiger partial charge in [-0.15, -0.1) is 0 Å². The van der Waals surface area contributed by atoms with Crippen LogP contribution in [0.5, 0.6) is 0 Å². The van der Waals surface area contributed by atoms with Gasteiger partial charge in [-0.3, -0.25) is 9.22 Å². The van der Waals surface area contributed by atoms with Crippen LogP contribution >= 0.6 is 11.6 Å². The number of carbonyl (C=O) groups excluding carboxylic acids is 2. The highest BCUT2D eigenvalue weighted by molar-refractivity contribution is 6.53. The molecule has 100 valence electrons. The fraction of sp³-hybridized carbons (Fsp3) is 0.0714. The fourth-order valence-electron chi connectivity index (χ4n) is 1.61. The molecule has 0 atom stereocenters. The van der Waals surface area contributed by atoms with Gasteiger partial charge < -0.3 is 10.6 Å². The van der Waals surface area contributed by atoms with Crippen molar-refractivity contribution in [2.24, 2.45) is 10.1 Å². The van der Waals surface area contributed by atoms with Crippen molar-refractivity contribution in [3.63, 3.8) is 0 Å². The van der Waals surface area contributed by atoms with Crippen LogP contribution in [0, 0.1) is 0 Å². The Bertz CT molecular complexity index is 673. The third-order valence-electron chi connectivity index (χ3n) is 2.60. The van der Waals surface area contributed by atoms with Crippen molar-refractivity contribution >= 4 is 29.0 Å². The Balaban J connectivity index is 2.38. The van der Waals surface area contributed by atoms with Crippen molar-refractivity contribution in [1.29, 1.82) is 0 Å². The Labute approximate surface area is 120 Å². The zero-order valence-electron chi connectivity index (χ0n) is 10.6. The molecular formula is C14H10ClN3O2. The van der Waals surface area contributed by atoms with Crippen LogP contribution < -0.4 is 0 Å². The number of halogens is 1. The summed E-state index contributed by atoms with van der Waals surface area (Å²) in [5, 5.41) is 3.19. The van der Waals surface area contributed by atoms with Gasteiger partial charge in [-0.2, -0.15) is 4.99 Å². The average Bonchev–Trinajstić information content (AvgIpc) is 2.48. The zero-order chi connectivity index (χ0) is 14.5. The van der Waals surface area contributed by atoms with Crippen LogP contribution in [0.2, 0.25) is 0 Å². The van der Waals surface area contributed by atoms with Crippen LogP contribution in [-0.4, -0.2) is 24.5 Å². The number of benzene rings is 1. The minimum absolute atomic E-state index is 0.148. The van der Waals surface area contributed by atoms with Crippen molar-refractivity contribution in [1.82, 2.24) is 0 Å². The number of aliphatic imine (C=N–C) groups is 1. The van der Waals surface area contributed by atoms with E-state index in [-0.39, 0.29) is 16.4 Å². The summed E-state index contributed by atoms with van der Waals surface area (Å²) >= 11 is 5.91. The van der Waals surface area contributed by atoms with Crippen molar-refractivity contribution in [3.8, 4) is 0 Å². The number of ketones is 1. The van der Waals surface area contributed by atoms with E-state index >= 15 is 0 Å². The number of carbonyl (C=O) groups is 1. The molecule has 0 N–H and O–H groups in total. The highest BCUT2D eigenvalue weighted by Gasteiger charge is 2.24. The summed E-state index contributed by atoms with van der Waals surface area (Å²) in [4.78, 5) is 16.0. The summed E-state index contributed by atoms with van der Waals surface area (Å²) in [6.45, 7) is 0. The Morgan fingerprint density at radius 1 is 1.25 bits per heavy atom. The van der Waals surface area contributed by atoms with E-state index in [2.05, 4.69) is 10.1 Å². The van der Waals surface area contributed by atoms with Gasteiger partial charge in [0, 0.05) is 5.56 Å². The molecule has 1 amide bonds. The monoisotopic (exact) mass is 287 g/mol. The molecule has 1 aliphatic carbocycles. The minimum atomic E-state index is -0.409. The molecule has 0 saturated heterocycles. The molecule has 0 aromatic heterocycles. The second kappa shape index (κ2) is 6.16. The topological polar surface area (TPSA) is 75.4 Å². The van der Waals surface area contributed by atoms with E-state index in [0.29, 0.717) is 11.3 Å². The van der Waals surface area contributed by atoms with E-state index in [0.717, 1.165) is 0 Å². The third-order valence-corrected chi connectivity index (χ3v) is 2.90. The highest BCUT2D eigenvalue weighted by Crippen LogP contribution is 2.21. The standard InChI is InChI=1S/C14H10ClN3O2/c1-20-13-8-11(18-16)10(15)7-12(13)17-14(19)9-5-3-2-4-6-9/h2-8H,1H3. The molecule has 6 heteroatoms. The number of rotatable bonds is 2. The van der Waals surface area contributed by atoms with E-state index in [4.69, 9.17) is 21.6 Å². The fourth-order valence-corrected chi connectivity index (χ4v) is 1.81. The maximum Gasteiger partial charge on any atom is 0.370 e. The van der Waals surface area contributed by atoms with Crippen molar-refractivity contribution in [2.45, 2.75) is 0 Å². The first kappa shape index (κ1) is 14.0. The molecule has 5 nitrogen and oxygen atoms in total.